The Morgan fingerprint density at radius 3 is 2.18 bits per heavy atom. The van der Waals surface area contributed by atoms with Crippen LogP contribution in [0.4, 0.5) is 4.79 Å². The van der Waals surface area contributed by atoms with Crippen LogP contribution >= 0.6 is 0 Å². The van der Waals surface area contributed by atoms with E-state index in [1.807, 2.05) is 24.3 Å². The lowest BCUT2D eigenvalue weighted by atomic mass is 9.74. The van der Waals surface area contributed by atoms with Gasteiger partial charge >= 0.3 is 12.1 Å². The van der Waals surface area contributed by atoms with Crippen molar-refractivity contribution in [2.75, 3.05) is 19.7 Å². The fraction of sp³-hybridized carbons (Fsp3) is 0.444. The molecule has 5 rings (SSSR count). The van der Waals surface area contributed by atoms with E-state index in [4.69, 9.17) is 4.74 Å². The van der Waals surface area contributed by atoms with E-state index in [0.29, 0.717) is 32.2 Å². The molecule has 2 aromatic carbocycles. The van der Waals surface area contributed by atoms with Crippen molar-refractivity contribution < 1.29 is 24.2 Å². The molecule has 1 atom stereocenters. The van der Waals surface area contributed by atoms with Crippen molar-refractivity contribution in [3.05, 3.63) is 59.7 Å². The molecular formula is C27H30N2O5. The Balaban J connectivity index is 1.26. The zero-order valence-corrected chi connectivity index (χ0v) is 19.4. The fourth-order valence-electron chi connectivity index (χ4n) is 5.64. The van der Waals surface area contributed by atoms with Crippen molar-refractivity contribution in [3.63, 3.8) is 0 Å². The molecule has 1 heterocycles. The van der Waals surface area contributed by atoms with Gasteiger partial charge in [-0.25, -0.2) is 4.79 Å². The second-order valence-electron chi connectivity index (χ2n) is 10.1. The van der Waals surface area contributed by atoms with Gasteiger partial charge in [0.1, 0.15) is 12.1 Å². The summed E-state index contributed by atoms with van der Waals surface area (Å²) in [5.41, 5.74) is 2.62. The van der Waals surface area contributed by atoms with Crippen LogP contribution in [-0.4, -0.2) is 53.2 Å². The number of ether oxygens (including phenoxy) is 1. The Morgan fingerprint density at radius 1 is 1.00 bits per heavy atom. The standard InChI is InChI=1S/C27H30N2O5/c1-26(24(31)32)12-7-15-29(17-26)23(30)27(13-6-14-27)28-25(33)34-16-22-20-10-4-2-8-18(20)19-9-3-5-11-21(19)22/h2-5,8-11,22H,6-7,12-17H2,1H3,(H,28,33)(H,31,32). The number of aliphatic carboxylic acids is 1. The molecule has 2 fully saturated rings. The third kappa shape index (κ3) is 3.73. The van der Waals surface area contributed by atoms with Crippen LogP contribution in [0.3, 0.4) is 0 Å². The normalized spacial score (nSPS) is 22.8. The highest BCUT2D eigenvalue weighted by Gasteiger charge is 2.50. The molecule has 2 aliphatic carbocycles. The van der Waals surface area contributed by atoms with E-state index < -0.39 is 23.0 Å². The molecule has 1 saturated heterocycles. The summed E-state index contributed by atoms with van der Waals surface area (Å²) in [7, 11) is 0. The maximum Gasteiger partial charge on any atom is 0.408 e. The molecule has 0 spiro atoms. The van der Waals surface area contributed by atoms with E-state index in [2.05, 4.69) is 29.6 Å². The van der Waals surface area contributed by atoms with Gasteiger partial charge in [0.05, 0.1) is 5.41 Å². The van der Waals surface area contributed by atoms with Gasteiger partial charge in [-0.2, -0.15) is 0 Å². The number of fused-ring (bicyclic) bond motifs is 3. The predicted octanol–water partition coefficient (Wildman–Crippen LogP) is 4.16. The first kappa shape index (κ1) is 22.4. The van der Waals surface area contributed by atoms with Crippen molar-refractivity contribution in [2.45, 2.75) is 50.5 Å². The van der Waals surface area contributed by atoms with Crippen molar-refractivity contribution in [2.24, 2.45) is 5.41 Å². The quantitative estimate of drug-likeness (QED) is 0.696. The Kier molecular flexibility index (Phi) is 5.58. The lowest BCUT2D eigenvalue weighted by molar-refractivity contribution is -0.156. The van der Waals surface area contributed by atoms with E-state index in [-0.39, 0.29) is 25.0 Å². The van der Waals surface area contributed by atoms with E-state index in [9.17, 15) is 19.5 Å². The molecular weight excluding hydrogens is 432 g/mol. The van der Waals surface area contributed by atoms with Crippen LogP contribution in [0.25, 0.3) is 11.1 Å². The van der Waals surface area contributed by atoms with Crippen LogP contribution in [-0.2, 0) is 14.3 Å². The number of amides is 2. The maximum atomic E-state index is 13.4. The van der Waals surface area contributed by atoms with Gasteiger partial charge in [-0.15, -0.1) is 0 Å². The average molecular weight is 463 g/mol. The second-order valence-corrected chi connectivity index (χ2v) is 10.1. The van der Waals surface area contributed by atoms with Crippen LogP contribution < -0.4 is 5.32 Å². The summed E-state index contributed by atoms with van der Waals surface area (Å²) in [6.07, 6.45) is 2.48. The summed E-state index contributed by atoms with van der Waals surface area (Å²) in [5.74, 6) is -1.14. The molecule has 2 amide bonds. The predicted molar refractivity (Wildman–Crippen MR) is 126 cm³/mol. The van der Waals surface area contributed by atoms with Crippen LogP contribution in [0.2, 0.25) is 0 Å². The number of rotatable bonds is 5. The number of benzene rings is 2. The van der Waals surface area contributed by atoms with Crippen LogP contribution in [0.15, 0.2) is 48.5 Å². The molecule has 2 aromatic rings. The lowest BCUT2D eigenvalue weighted by Crippen LogP contribution is -2.65. The molecule has 34 heavy (non-hydrogen) atoms. The van der Waals surface area contributed by atoms with Gasteiger partial charge in [0, 0.05) is 19.0 Å². The molecule has 3 aliphatic rings. The number of hydrogen-bond donors (Lipinski definition) is 2. The second kappa shape index (κ2) is 8.46. The zero-order valence-electron chi connectivity index (χ0n) is 19.4. The summed E-state index contributed by atoms with van der Waals surface area (Å²) in [6, 6.07) is 16.3. The van der Waals surface area contributed by atoms with Crippen molar-refractivity contribution in [1.82, 2.24) is 10.2 Å². The number of piperidine rings is 1. The van der Waals surface area contributed by atoms with Gasteiger partial charge in [-0.3, -0.25) is 9.59 Å². The topological polar surface area (TPSA) is 95.9 Å². The summed E-state index contributed by atoms with van der Waals surface area (Å²) in [4.78, 5) is 39.6. The number of carboxylic acid groups (broad SMARTS) is 1. The van der Waals surface area contributed by atoms with Crippen molar-refractivity contribution in [1.29, 1.82) is 0 Å². The first-order chi connectivity index (χ1) is 16.3. The Morgan fingerprint density at radius 2 is 1.62 bits per heavy atom. The van der Waals surface area contributed by atoms with Crippen molar-refractivity contribution >= 4 is 18.0 Å². The number of carboxylic acids is 1. The number of carbonyl (C=O) groups excluding carboxylic acids is 2. The van der Waals surface area contributed by atoms with Gasteiger partial charge < -0.3 is 20.1 Å². The average Bonchev–Trinajstić information content (AvgIpc) is 3.13. The summed E-state index contributed by atoms with van der Waals surface area (Å²) >= 11 is 0. The minimum Gasteiger partial charge on any atom is -0.481 e. The first-order valence-electron chi connectivity index (χ1n) is 12.0. The number of likely N-dealkylation sites (tertiary alicyclic amines) is 1. The highest BCUT2D eigenvalue weighted by Crippen LogP contribution is 2.44. The van der Waals surface area contributed by atoms with Crippen LogP contribution in [0.1, 0.15) is 56.1 Å². The molecule has 178 valence electrons. The molecule has 1 saturated carbocycles. The van der Waals surface area contributed by atoms with E-state index in [1.54, 1.807) is 11.8 Å². The lowest BCUT2D eigenvalue weighted by Gasteiger charge is -2.46. The van der Waals surface area contributed by atoms with E-state index in [1.165, 1.54) is 0 Å². The van der Waals surface area contributed by atoms with E-state index >= 15 is 0 Å². The number of carbonyl (C=O) groups is 3. The first-order valence-corrected chi connectivity index (χ1v) is 12.0. The maximum absolute atomic E-state index is 13.4. The Hall–Kier alpha value is -3.35. The number of nitrogens with zero attached hydrogens (tertiary/aromatic N) is 1. The fourth-order valence-corrected chi connectivity index (χ4v) is 5.64. The van der Waals surface area contributed by atoms with E-state index in [0.717, 1.165) is 28.7 Å². The summed E-state index contributed by atoms with van der Waals surface area (Å²) in [6.45, 7) is 2.54. The summed E-state index contributed by atoms with van der Waals surface area (Å²) < 4.78 is 5.67. The van der Waals surface area contributed by atoms with Gasteiger partial charge in [0.15, 0.2) is 0 Å². The minimum absolute atomic E-state index is 0.0513. The Bertz CT molecular complexity index is 1100. The highest BCUT2D eigenvalue weighted by molar-refractivity contribution is 5.91. The van der Waals surface area contributed by atoms with Crippen LogP contribution in [0.5, 0.6) is 0 Å². The zero-order chi connectivity index (χ0) is 23.9. The van der Waals surface area contributed by atoms with Gasteiger partial charge in [0.25, 0.3) is 0 Å². The number of hydrogen-bond acceptors (Lipinski definition) is 4. The van der Waals surface area contributed by atoms with Gasteiger partial charge in [-0.05, 0) is 61.3 Å². The number of alkyl carbamates (subject to hydrolysis) is 1. The molecule has 0 radical (unpaired) electrons. The third-order valence-corrected chi connectivity index (χ3v) is 7.80. The smallest absolute Gasteiger partial charge is 0.408 e. The highest BCUT2D eigenvalue weighted by atomic mass is 16.5. The molecule has 7 nitrogen and oxygen atoms in total. The van der Waals surface area contributed by atoms with Crippen LogP contribution in [0, 0.1) is 5.41 Å². The van der Waals surface area contributed by atoms with Crippen molar-refractivity contribution in [3.8, 4) is 11.1 Å². The minimum atomic E-state index is -1.00. The molecule has 1 unspecified atom stereocenters. The van der Waals surface area contributed by atoms with Gasteiger partial charge in [0.2, 0.25) is 5.91 Å². The molecule has 7 heteroatoms. The molecule has 2 N–H and O–H groups in total. The third-order valence-electron chi connectivity index (χ3n) is 7.80. The molecule has 0 bridgehead atoms. The molecule has 0 aromatic heterocycles. The number of nitrogens with one attached hydrogen (secondary N) is 1. The monoisotopic (exact) mass is 462 g/mol. The summed E-state index contributed by atoms with van der Waals surface area (Å²) in [5, 5.41) is 12.5. The SMILES string of the molecule is CC1(C(=O)O)CCCN(C(=O)C2(NC(=O)OCC3c4ccccc4-c4ccccc43)CCC2)C1. The molecule has 1 aliphatic heterocycles. The Labute approximate surface area is 199 Å². The van der Waals surface area contributed by atoms with Gasteiger partial charge in [-0.1, -0.05) is 48.5 Å². The largest absolute Gasteiger partial charge is 0.481 e.